The minimum absolute atomic E-state index is 0.0556. The van der Waals surface area contributed by atoms with Crippen molar-refractivity contribution in [3.05, 3.63) is 94.5 Å². The number of benzene rings is 3. The van der Waals surface area contributed by atoms with Gasteiger partial charge in [0.2, 0.25) is 0 Å². The standard InChI is InChI=1S/C24H23ClN2O3/c1-29-22-12-9-16(13-23(22)30-2)19-14-20(18-5-3-4-6-21(18)28)27-24(26-19)15-7-10-17(25)11-8-15/h3-14,20,24,26-28H,1-2H3/p+1. The van der Waals surface area contributed by atoms with Gasteiger partial charge in [-0.1, -0.05) is 23.7 Å². The van der Waals surface area contributed by atoms with Crippen LogP contribution in [0.15, 0.2) is 72.8 Å². The van der Waals surface area contributed by atoms with Gasteiger partial charge in [-0.05, 0) is 54.6 Å². The number of nitrogens with two attached hydrogens (primary N) is 1. The molecule has 6 heteroatoms. The Labute approximate surface area is 180 Å². The van der Waals surface area contributed by atoms with Crippen LogP contribution in [0, 0.1) is 0 Å². The Morgan fingerprint density at radius 1 is 0.933 bits per heavy atom. The van der Waals surface area contributed by atoms with E-state index in [1.54, 1.807) is 20.3 Å². The number of halogens is 1. The van der Waals surface area contributed by atoms with Crippen molar-refractivity contribution in [2.45, 2.75) is 12.2 Å². The molecule has 1 aliphatic rings. The summed E-state index contributed by atoms with van der Waals surface area (Å²) >= 11 is 6.08. The van der Waals surface area contributed by atoms with Gasteiger partial charge in [0.1, 0.15) is 11.8 Å². The Morgan fingerprint density at radius 3 is 2.37 bits per heavy atom. The van der Waals surface area contributed by atoms with Gasteiger partial charge in [0.25, 0.3) is 0 Å². The van der Waals surface area contributed by atoms with Crippen molar-refractivity contribution in [1.29, 1.82) is 0 Å². The lowest BCUT2D eigenvalue weighted by molar-refractivity contribution is -0.731. The van der Waals surface area contributed by atoms with E-state index in [9.17, 15) is 5.11 Å². The maximum Gasteiger partial charge on any atom is 0.186 e. The van der Waals surface area contributed by atoms with Crippen LogP contribution in [0.3, 0.4) is 0 Å². The van der Waals surface area contributed by atoms with E-state index in [0.29, 0.717) is 16.5 Å². The second-order valence-corrected chi connectivity index (χ2v) is 7.54. The quantitative estimate of drug-likeness (QED) is 0.580. The zero-order valence-corrected chi connectivity index (χ0v) is 17.6. The number of para-hydroxylation sites is 1. The van der Waals surface area contributed by atoms with Gasteiger partial charge in [-0.25, -0.2) is 0 Å². The molecule has 4 N–H and O–H groups in total. The lowest BCUT2D eigenvalue weighted by Crippen LogP contribution is -2.89. The van der Waals surface area contributed by atoms with Crippen LogP contribution in [0.2, 0.25) is 5.02 Å². The fraction of sp³-hybridized carbons (Fsp3) is 0.167. The molecular weight excluding hydrogens is 400 g/mol. The van der Waals surface area contributed by atoms with Crippen LogP contribution in [0.4, 0.5) is 0 Å². The highest BCUT2D eigenvalue weighted by molar-refractivity contribution is 6.30. The molecule has 0 amide bonds. The summed E-state index contributed by atoms with van der Waals surface area (Å²) in [6.07, 6.45) is 2.06. The second kappa shape index (κ2) is 8.69. The molecule has 0 fully saturated rings. The number of phenolic OH excluding ortho intramolecular Hbond substituents is 1. The first kappa shape index (κ1) is 20.1. The van der Waals surface area contributed by atoms with Gasteiger partial charge in [0.05, 0.1) is 19.8 Å². The van der Waals surface area contributed by atoms with E-state index in [1.807, 2.05) is 60.7 Å². The maximum absolute atomic E-state index is 10.4. The molecule has 1 heterocycles. The average Bonchev–Trinajstić information content (AvgIpc) is 2.79. The van der Waals surface area contributed by atoms with E-state index in [0.717, 1.165) is 22.4 Å². The molecule has 1 aliphatic heterocycles. The number of rotatable bonds is 5. The van der Waals surface area contributed by atoms with Gasteiger partial charge in [0.15, 0.2) is 17.7 Å². The third-order valence-electron chi connectivity index (χ3n) is 5.28. The summed E-state index contributed by atoms with van der Waals surface area (Å²) in [4.78, 5) is 0. The summed E-state index contributed by atoms with van der Waals surface area (Å²) in [5.74, 6) is 1.61. The van der Waals surface area contributed by atoms with E-state index in [4.69, 9.17) is 21.1 Å². The SMILES string of the molecule is COc1ccc(C2=CC(c3ccccc3O)[NH2+]C(c3ccc(Cl)cc3)N2)cc1OC. The summed E-state index contributed by atoms with van der Waals surface area (Å²) < 4.78 is 10.9. The Kier molecular flexibility index (Phi) is 5.84. The highest BCUT2D eigenvalue weighted by Gasteiger charge is 2.29. The molecule has 0 radical (unpaired) electrons. The van der Waals surface area contributed by atoms with Gasteiger partial charge in [-0.3, -0.25) is 0 Å². The first-order valence-corrected chi connectivity index (χ1v) is 10.1. The molecule has 0 saturated heterocycles. The van der Waals surface area contributed by atoms with Crippen molar-refractivity contribution in [1.82, 2.24) is 5.32 Å². The smallest absolute Gasteiger partial charge is 0.186 e. The summed E-state index contributed by atoms with van der Waals surface area (Å²) in [6.45, 7) is 0. The molecule has 3 aromatic rings. The molecule has 0 bridgehead atoms. The van der Waals surface area contributed by atoms with Crippen LogP contribution in [-0.4, -0.2) is 19.3 Å². The fourth-order valence-corrected chi connectivity index (χ4v) is 3.84. The molecule has 30 heavy (non-hydrogen) atoms. The van der Waals surface area contributed by atoms with Crippen molar-refractivity contribution in [3.63, 3.8) is 0 Å². The van der Waals surface area contributed by atoms with Gasteiger partial charge in [-0.2, -0.15) is 0 Å². The van der Waals surface area contributed by atoms with E-state index >= 15 is 0 Å². The minimum atomic E-state index is -0.0729. The highest BCUT2D eigenvalue weighted by Crippen LogP contribution is 2.33. The normalized spacial score (nSPS) is 18.3. The molecule has 0 saturated carbocycles. The number of ether oxygens (including phenoxy) is 2. The van der Waals surface area contributed by atoms with Crippen LogP contribution >= 0.6 is 11.6 Å². The Hall–Kier alpha value is -3.15. The summed E-state index contributed by atoms with van der Waals surface area (Å²) in [7, 11) is 3.24. The van der Waals surface area contributed by atoms with E-state index in [1.165, 1.54) is 0 Å². The highest BCUT2D eigenvalue weighted by atomic mass is 35.5. The molecule has 0 aliphatic carbocycles. The minimum Gasteiger partial charge on any atom is -0.507 e. The van der Waals surface area contributed by atoms with Gasteiger partial charge in [0, 0.05) is 27.9 Å². The molecule has 2 unspecified atom stereocenters. The molecule has 0 aromatic heterocycles. The fourth-order valence-electron chi connectivity index (χ4n) is 3.72. The molecule has 0 spiro atoms. The molecular formula is C24H24ClN2O3+. The van der Waals surface area contributed by atoms with Gasteiger partial charge < -0.3 is 25.2 Å². The zero-order valence-electron chi connectivity index (χ0n) is 16.8. The van der Waals surface area contributed by atoms with Gasteiger partial charge in [-0.15, -0.1) is 0 Å². The van der Waals surface area contributed by atoms with Crippen molar-refractivity contribution >= 4 is 17.3 Å². The van der Waals surface area contributed by atoms with Crippen molar-refractivity contribution in [2.75, 3.05) is 14.2 Å². The van der Waals surface area contributed by atoms with Crippen LogP contribution < -0.4 is 20.1 Å². The number of quaternary nitrogens is 1. The number of nitrogens with one attached hydrogen (secondary N) is 1. The third kappa shape index (κ3) is 4.08. The average molecular weight is 424 g/mol. The van der Waals surface area contributed by atoms with Crippen molar-refractivity contribution in [2.24, 2.45) is 0 Å². The Morgan fingerprint density at radius 2 is 1.67 bits per heavy atom. The van der Waals surface area contributed by atoms with Crippen LogP contribution in [0.5, 0.6) is 17.2 Å². The number of aromatic hydroxyl groups is 1. The lowest BCUT2D eigenvalue weighted by atomic mass is 9.97. The number of methoxy groups -OCH3 is 2. The summed E-state index contributed by atoms with van der Waals surface area (Å²) in [5, 5.41) is 16.9. The molecule has 2 atom stereocenters. The monoisotopic (exact) mass is 423 g/mol. The van der Waals surface area contributed by atoms with Crippen LogP contribution in [0.1, 0.15) is 28.9 Å². The second-order valence-electron chi connectivity index (χ2n) is 7.10. The van der Waals surface area contributed by atoms with E-state index < -0.39 is 0 Å². The summed E-state index contributed by atoms with van der Waals surface area (Å²) in [5.41, 5.74) is 3.87. The molecule has 5 nitrogen and oxygen atoms in total. The zero-order chi connectivity index (χ0) is 21.1. The maximum atomic E-state index is 10.4. The largest absolute Gasteiger partial charge is 0.507 e. The Balaban J connectivity index is 1.77. The molecule has 4 rings (SSSR count). The number of phenols is 1. The summed E-state index contributed by atoms with van der Waals surface area (Å²) in [6, 6.07) is 21.0. The first-order chi connectivity index (χ1) is 14.6. The van der Waals surface area contributed by atoms with E-state index in [2.05, 4.69) is 16.7 Å². The third-order valence-corrected chi connectivity index (χ3v) is 5.53. The van der Waals surface area contributed by atoms with Crippen molar-refractivity contribution in [3.8, 4) is 17.2 Å². The van der Waals surface area contributed by atoms with Crippen LogP contribution in [0.25, 0.3) is 5.70 Å². The van der Waals surface area contributed by atoms with E-state index in [-0.39, 0.29) is 18.0 Å². The predicted octanol–water partition coefficient (Wildman–Crippen LogP) is 4.01. The molecule has 154 valence electrons. The Bertz CT molecular complexity index is 1070. The van der Waals surface area contributed by atoms with Crippen LogP contribution in [-0.2, 0) is 0 Å². The first-order valence-electron chi connectivity index (χ1n) is 9.68. The number of hydrogen-bond donors (Lipinski definition) is 3. The molecule has 3 aromatic carbocycles. The number of hydrogen-bond acceptors (Lipinski definition) is 4. The predicted molar refractivity (Wildman–Crippen MR) is 118 cm³/mol. The van der Waals surface area contributed by atoms with Crippen molar-refractivity contribution < 1.29 is 19.9 Å². The van der Waals surface area contributed by atoms with Gasteiger partial charge >= 0.3 is 0 Å². The lowest BCUT2D eigenvalue weighted by Gasteiger charge is -2.30. The topological polar surface area (TPSA) is 67.3 Å².